The number of hydrogen-bond acceptors (Lipinski definition) is 5. The third-order valence-corrected chi connectivity index (χ3v) is 4.87. The zero-order valence-corrected chi connectivity index (χ0v) is 18.8. The van der Waals surface area contributed by atoms with E-state index in [1.54, 1.807) is 30.3 Å². The summed E-state index contributed by atoms with van der Waals surface area (Å²) in [6.07, 6.45) is 3.15. The molecule has 0 aliphatic carbocycles. The quantitative estimate of drug-likeness (QED) is 0.254. The minimum Gasteiger partial charge on any atom is -0.488 e. The monoisotopic (exact) mass is 495 g/mol. The molecule has 0 spiro atoms. The molecule has 0 bridgehead atoms. The van der Waals surface area contributed by atoms with E-state index in [1.165, 1.54) is 6.21 Å². The zero-order chi connectivity index (χ0) is 22.8. The van der Waals surface area contributed by atoms with Crippen LogP contribution in [0.15, 0.2) is 82.9 Å². The number of hydrazone groups is 1. The number of carbonyl (C=O) groups excluding carboxylic acids is 2. The van der Waals surface area contributed by atoms with Crippen LogP contribution in [-0.2, 0) is 9.59 Å². The third-order valence-electron chi connectivity index (χ3n) is 4.25. The van der Waals surface area contributed by atoms with Gasteiger partial charge in [-0.2, -0.15) is 5.10 Å². The number of nitrogens with one attached hydrogen (secondary N) is 2. The smallest absolute Gasteiger partial charge is 0.259 e. The van der Waals surface area contributed by atoms with Gasteiger partial charge in [0.25, 0.3) is 11.8 Å². The molecule has 2 N–H and O–H groups in total. The Bertz CT molecular complexity index is 1150. The van der Waals surface area contributed by atoms with Gasteiger partial charge in [-0.05, 0) is 62.6 Å². The predicted octanol–water partition coefficient (Wildman–Crippen LogP) is 3.81. The first kappa shape index (κ1) is 23.0. The van der Waals surface area contributed by atoms with Crippen molar-refractivity contribution in [3.63, 3.8) is 0 Å². The summed E-state index contributed by atoms with van der Waals surface area (Å²) in [7, 11) is 0. The minimum atomic E-state index is -0.453. The van der Waals surface area contributed by atoms with E-state index >= 15 is 0 Å². The lowest BCUT2D eigenvalue weighted by Gasteiger charge is -2.08. The van der Waals surface area contributed by atoms with Gasteiger partial charge in [-0.25, -0.2) is 5.43 Å². The van der Waals surface area contributed by atoms with Crippen molar-refractivity contribution in [1.82, 2.24) is 10.7 Å². The summed E-state index contributed by atoms with van der Waals surface area (Å²) in [5.74, 6) is 0.404. The molecule has 0 heterocycles. The third kappa shape index (κ3) is 6.95. The normalized spacial score (nSPS) is 10.7. The number of amides is 2. The Morgan fingerprint density at radius 1 is 1.00 bits per heavy atom. The fourth-order valence-electron chi connectivity index (χ4n) is 2.72. The van der Waals surface area contributed by atoms with Crippen LogP contribution in [0, 0.1) is 0 Å². The Morgan fingerprint density at radius 2 is 1.81 bits per heavy atom. The maximum Gasteiger partial charge on any atom is 0.259 e. The second-order valence-corrected chi connectivity index (χ2v) is 7.51. The molecular formula is C24H22BrN3O4. The zero-order valence-electron chi connectivity index (χ0n) is 17.2. The van der Waals surface area contributed by atoms with Gasteiger partial charge in [-0.3, -0.25) is 9.59 Å². The maximum atomic E-state index is 11.9. The largest absolute Gasteiger partial charge is 0.488 e. The number of nitrogens with zero attached hydrogens (tertiary/aromatic N) is 1. The van der Waals surface area contributed by atoms with Crippen LogP contribution in [0.25, 0.3) is 10.8 Å². The second kappa shape index (κ2) is 11.7. The van der Waals surface area contributed by atoms with Crippen molar-refractivity contribution in [2.24, 2.45) is 5.10 Å². The van der Waals surface area contributed by atoms with Crippen LogP contribution in [0.3, 0.4) is 0 Å². The van der Waals surface area contributed by atoms with E-state index in [0.717, 1.165) is 20.8 Å². The van der Waals surface area contributed by atoms with Crippen molar-refractivity contribution in [2.45, 2.75) is 0 Å². The molecule has 0 saturated carbocycles. The van der Waals surface area contributed by atoms with Crippen LogP contribution >= 0.6 is 15.9 Å². The molecule has 3 aromatic carbocycles. The summed E-state index contributed by atoms with van der Waals surface area (Å²) in [5.41, 5.74) is 3.12. The number of carbonyl (C=O) groups is 2. The van der Waals surface area contributed by atoms with Gasteiger partial charge in [0.05, 0.1) is 17.2 Å². The summed E-state index contributed by atoms with van der Waals surface area (Å²) in [5, 5.41) is 8.49. The topological polar surface area (TPSA) is 89.0 Å². The van der Waals surface area contributed by atoms with Crippen LogP contribution in [0.2, 0.25) is 0 Å². The van der Waals surface area contributed by atoms with Gasteiger partial charge in [0, 0.05) is 0 Å². The molecule has 8 heteroatoms. The molecule has 3 rings (SSSR count). The van der Waals surface area contributed by atoms with Gasteiger partial charge in [-0.1, -0.05) is 43.0 Å². The number of fused-ring (bicyclic) bond motifs is 1. The van der Waals surface area contributed by atoms with Crippen molar-refractivity contribution in [3.8, 4) is 11.5 Å². The van der Waals surface area contributed by atoms with E-state index in [-0.39, 0.29) is 13.2 Å². The molecule has 7 nitrogen and oxygen atoms in total. The SMILES string of the molecule is C=CCOc1ccc(C=NNC(=O)CNC(=O)COc2ccc3ccccc3c2)cc1Br. The van der Waals surface area contributed by atoms with Crippen molar-refractivity contribution >= 4 is 44.7 Å². The van der Waals surface area contributed by atoms with Gasteiger partial charge in [0.1, 0.15) is 18.1 Å². The molecule has 3 aromatic rings. The van der Waals surface area contributed by atoms with Gasteiger partial charge < -0.3 is 14.8 Å². The average Bonchev–Trinajstić information content (AvgIpc) is 2.80. The first-order chi connectivity index (χ1) is 15.5. The number of ether oxygens (including phenoxy) is 2. The molecular weight excluding hydrogens is 474 g/mol. The maximum absolute atomic E-state index is 11.9. The molecule has 2 amide bonds. The highest BCUT2D eigenvalue weighted by molar-refractivity contribution is 9.10. The Balaban J connectivity index is 1.39. The molecule has 0 unspecified atom stereocenters. The first-order valence-corrected chi connectivity index (χ1v) is 10.6. The second-order valence-electron chi connectivity index (χ2n) is 6.66. The van der Waals surface area contributed by atoms with Crippen LogP contribution in [0.1, 0.15) is 5.56 Å². The molecule has 0 aliphatic rings. The Hall–Kier alpha value is -3.65. The first-order valence-electron chi connectivity index (χ1n) is 9.78. The standard InChI is InChI=1S/C24H22BrN3O4/c1-2-11-31-22-10-7-17(12-21(22)25)14-27-28-23(29)15-26-24(30)16-32-20-9-8-18-5-3-4-6-19(18)13-20/h2-10,12-14H,1,11,15-16H2,(H,26,30)(H,28,29). The van der Waals surface area contributed by atoms with E-state index in [1.807, 2.05) is 36.4 Å². The van der Waals surface area contributed by atoms with Gasteiger partial charge in [0.2, 0.25) is 0 Å². The molecule has 0 fully saturated rings. The molecule has 0 saturated heterocycles. The summed E-state index contributed by atoms with van der Waals surface area (Å²) in [6.45, 7) is 3.60. The van der Waals surface area contributed by atoms with E-state index < -0.39 is 11.8 Å². The highest BCUT2D eigenvalue weighted by Crippen LogP contribution is 2.25. The summed E-state index contributed by atoms with van der Waals surface area (Å²) in [6, 6.07) is 18.8. The lowest BCUT2D eigenvalue weighted by molar-refractivity contribution is -0.127. The predicted molar refractivity (Wildman–Crippen MR) is 128 cm³/mol. The van der Waals surface area contributed by atoms with E-state index in [9.17, 15) is 9.59 Å². The number of halogens is 1. The van der Waals surface area contributed by atoms with Crippen LogP contribution in [0.5, 0.6) is 11.5 Å². The number of benzene rings is 3. The van der Waals surface area contributed by atoms with E-state index in [2.05, 4.69) is 38.4 Å². The average molecular weight is 496 g/mol. The summed E-state index contributed by atoms with van der Waals surface area (Å²) >= 11 is 3.41. The van der Waals surface area contributed by atoms with Crippen molar-refractivity contribution < 1.29 is 19.1 Å². The van der Waals surface area contributed by atoms with Crippen molar-refractivity contribution in [1.29, 1.82) is 0 Å². The molecule has 164 valence electrons. The lowest BCUT2D eigenvalue weighted by atomic mass is 10.1. The highest BCUT2D eigenvalue weighted by Gasteiger charge is 2.07. The Morgan fingerprint density at radius 3 is 2.59 bits per heavy atom. The van der Waals surface area contributed by atoms with Crippen molar-refractivity contribution in [2.75, 3.05) is 19.8 Å². The molecule has 32 heavy (non-hydrogen) atoms. The van der Waals surface area contributed by atoms with Crippen LogP contribution < -0.4 is 20.2 Å². The van der Waals surface area contributed by atoms with Gasteiger partial charge >= 0.3 is 0 Å². The van der Waals surface area contributed by atoms with Crippen molar-refractivity contribution in [3.05, 3.63) is 83.4 Å². The Kier molecular flexibility index (Phi) is 8.39. The lowest BCUT2D eigenvalue weighted by Crippen LogP contribution is -2.37. The summed E-state index contributed by atoms with van der Waals surface area (Å²) < 4.78 is 11.7. The fraction of sp³-hybridized carbons (Fsp3) is 0.125. The Labute approximate surface area is 194 Å². The molecule has 0 aromatic heterocycles. The molecule has 0 atom stereocenters. The van der Waals surface area contributed by atoms with Crippen LogP contribution in [0.4, 0.5) is 0 Å². The minimum absolute atomic E-state index is 0.191. The fourth-order valence-corrected chi connectivity index (χ4v) is 3.23. The van der Waals surface area contributed by atoms with Crippen LogP contribution in [-0.4, -0.2) is 37.8 Å². The van der Waals surface area contributed by atoms with E-state index in [4.69, 9.17) is 9.47 Å². The van der Waals surface area contributed by atoms with Gasteiger partial charge in [-0.15, -0.1) is 0 Å². The number of hydrogen-bond donors (Lipinski definition) is 2. The van der Waals surface area contributed by atoms with Gasteiger partial charge in [0.15, 0.2) is 6.61 Å². The highest BCUT2D eigenvalue weighted by atomic mass is 79.9. The number of rotatable bonds is 10. The molecule has 0 radical (unpaired) electrons. The van der Waals surface area contributed by atoms with E-state index in [0.29, 0.717) is 18.1 Å². The molecule has 0 aliphatic heterocycles. The summed E-state index contributed by atoms with van der Waals surface area (Å²) in [4.78, 5) is 23.8.